The van der Waals surface area contributed by atoms with Gasteiger partial charge in [0, 0.05) is 11.5 Å². The molecule has 1 heterocycles. The van der Waals surface area contributed by atoms with Crippen LogP contribution in [0.2, 0.25) is 0 Å². The fourth-order valence-corrected chi connectivity index (χ4v) is 4.15. The molecule has 0 fully saturated rings. The summed E-state index contributed by atoms with van der Waals surface area (Å²) in [7, 11) is 3.16. The first-order valence-corrected chi connectivity index (χ1v) is 10.5. The summed E-state index contributed by atoms with van der Waals surface area (Å²) >= 11 is 1.46. The molecular weight excluding hydrogens is 384 g/mol. The van der Waals surface area contributed by atoms with Gasteiger partial charge in [0.1, 0.15) is 16.5 Å². The van der Waals surface area contributed by atoms with Crippen LogP contribution in [0.25, 0.3) is 10.9 Å². The van der Waals surface area contributed by atoms with Crippen LogP contribution in [-0.2, 0) is 11.2 Å². The molecule has 1 aromatic heterocycles. The topological polar surface area (TPSA) is 60.5 Å². The summed E-state index contributed by atoms with van der Waals surface area (Å²) in [4.78, 5) is 17.4. The number of aromatic nitrogens is 1. The highest BCUT2D eigenvalue weighted by Crippen LogP contribution is 2.30. The Hall–Kier alpha value is -2.73. The number of carbonyl (C=O) groups excluding carboxylic acids is 1. The molecule has 1 amide bonds. The van der Waals surface area contributed by atoms with Crippen molar-refractivity contribution in [1.29, 1.82) is 0 Å². The van der Waals surface area contributed by atoms with E-state index in [0.717, 1.165) is 22.5 Å². The number of amides is 1. The van der Waals surface area contributed by atoms with Gasteiger partial charge < -0.3 is 14.8 Å². The molecule has 5 nitrogen and oxygen atoms in total. The Balaban J connectivity index is 1.77. The van der Waals surface area contributed by atoms with E-state index in [1.54, 1.807) is 32.4 Å². The van der Waals surface area contributed by atoms with Crippen molar-refractivity contribution in [3.63, 3.8) is 0 Å². The smallest absolute Gasteiger partial charge is 0.234 e. The number of rotatable bonds is 7. The molecule has 0 atom stereocenters. The third-order valence-electron chi connectivity index (χ3n) is 4.73. The summed E-state index contributed by atoms with van der Waals surface area (Å²) in [6, 6.07) is 11.8. The van der Waals surface area contributed by atoms with Crippen molar-refractivity contribution >= 4 is 34.3 Å². The Kier molecular flexibility index (Phi) is 6.64. The Bertz CT molecular complexity index is 1050. The van der Waals surface area contributed by atoms with Gasteiger partial charge in [0.25, 0.3) is 0 Å². The van der Waals surface area contributed by atoms with E-state index in [2.05, 4.69) is 44.3 Å². The average Bonchev–Trinajstić information content (AvgIpc) is 2.71. The van der Waals surface area contributed by atoms with Gasteiger partial charge in [-0.15, -0.1) is 0 Å². The molecule has 0 saturated carbocycles. The SMILES string of the molecule is CCc1cc2c(C)cc(C)cc2nc1SCC(=O)Nc1ccc(OC)cc1OC. The maximum Gasteiger partial charge on any atom is 0.234 e. The zero-order valence-corrected chi connectivity index (χ0v) is 18.3. The second kappa shape index (κ2) is 9.18. The number of nitrogens with one attached hydrogen (secondary N) is 1. The van der Waals surface area contributed by atoms with Gasteiger partial charge in [-0.25, -0.2) is 4.98 Å². The third-order valence-corrected chi connectivity index (χ3v) is 5.76. The maximum absolute atomic E-state index is 12.5. The summed E-state index contributed by atoms with van der Waals surface area (Å²) in [5, 5.41) is 4.98. The minimum Gasteiger partial charge on any atom is -0.497 e. The normalized spacial score (nSPS) is 10.8. The van der Waals surface area contributed by atoms with Crippen molar-refractivity contribution < 1.29 is 14.3 Å². The second-order valence-corrected chi connectivity index (χ2v) is 7.82. The average molecular weight is 411 g/mol. The van der Waals surface area contributed by atoms with E-state index >= 15 is 0 Å². The van der Waals surface area contributed by atoms with E-state index in [4.69, 9.17) is 14.5 Å². The lowest BCUT2D eigenvalue weighted by Crippen LogP contribution is -2.15. The number of benzene rings is 2. The van der Waals surface area contributed by atoms with Gasteiger partial charge >= 0.3 is 0 Å². The first-order valence-electron chi connectivity index (χ1n) is 9.50. The van der Waals surface area contributed by atoms with Gasteiger partial charge in [-0.2, -0.15) is 0 Å². The maximum atomic E-state index is 12.5. The largest absolute Gasteiger partial charge is 0.497 e. The van der Waals surface area contributed by atoms with E-state index < -0.39 is 0 Å². The van der Waals surface area contributed by atoms with Gasteiger partial charge in [-0.3, -0.25) is 4.79 Å². The zero-order chi connectivity index (χ0) is 21.0. The van der Waals surface area contributed by atoms with Crippen LogP contribution in [0.15, 0.2) is 41.4 Å². The molecular formula is C23H26N2O3S. The van der Waals surface area contributed by atoms with E-state index in [0.29, 0.717) is 17.2 Å². The van der Waals surface area contributed by atoms with Crippen LogP contribution in [0, 0.1) is 13.8 Å². The number of hydrogen-bond acceptors (Lipinski definition) is 5. The van der Waals surface area contributed by atoms with Crippen molar-refractivity contribution in [2.24, 2.45) is 0 Å². The number of nitrogens with zero attached hydrogens (tertiary/aromatic N) is 1. The van der Waals surface area contributed by atoms with Gasteiger partial charge in [-0.05, 0) is 61.2 Å². The highest BCUT2D eigenvalue weighted by Gasteiger charge is 2.13. The standard InChI is InChI=1S/C23H26N2O3S/c1-6-16-11-18-15(3)9-14(2)10-20(18)25-23(16)29-13-22(26)24-19-8-7-17(27-4)12-21(19)28-5/h7-12H,6,13H2,1-5H3,(H,24,26). The lowest BCUT2D eigenvalue weighted by molar-refractivity contribution is -0.113. The molecule has 0 aliphatic rings. The molecule has 0 unspecified atom stereocenters. The molecule has 0 aliphatic heterocycles. The van der Waals surface area contributed by atoms with E-state index in [1.807, 2.05) is 0 Å². The minimum atomic E-state index is -0.108. The molecule has 1 N–H and O–H groups in total. The molecule has 3 rings (SSSR count). The second-order valence-electron chi connectivity index (χ2n) is 6.86. The Labute approximate surface area is 175 Å². The van der Waals surface area contributed by atoms with Crippen LogP contribution < -0.4 is 14.8 Å². The number of fused-ring (bicyclic) bond motifs is 1. The highest BCUT2D eigenvalue weighted by atomic mass is 32.2. The van der Waals surface area contributed by atoms with Gasteiger partial charge in [0.05, 0.1) is 31.2 Å². The quantitative estimate of drug-likeness (QED) is 0.545. The van der Waals surface area contributed by atoms with E-state index in [-0.39, 0.29) is 11.7 Å². The van der Waals surface area contributed by atoms with Crippen molar-refractivity contribution in [2.45, 2.75) is 32.2 Å². The van der Waals surface area contributed by atoms with Crippen LogP contribution in [0.4, 0.5) is 5.69 Å². The summed E-state index contributed by atoms with van der Waals surface area (Å²) in [5.74, 6) is 1.40. The molecule has 29 heavy (non-hydrogen) atoms. The lowest BCUT2D eigenvalue weighted by Gasteiger charge is -2.13. The number of methoxy groups -OCH3 is 2. The van der Waals surface area contributed by atoms with Crippen LogP contribution >= 0.6 is 11.8 Å². The summed E-state index contributed by atoms with van der Waals surface area (Å²) < 4.78 is 10.5. The Morgan fingerprint density at radius 3 is 2.59 bits per heavy atom. The molecule has 2 aromatic carbocycles. The predicted octanol–water partition coefficient (Wildman–Crippen LogP) is 5.16. The molecule has 152 valence electrons. The van der Waals surface area contributed by atoms with Crippen LogP contribution in [-0.4, -0.2) is 30.9 Å². The molecule has 3 aromatic rings. The Morgan fingerprint density at radius 2 is 1.90 bits per heavy atom. The molecule has 0 saturated heterocycles. The number of pyridine rings is 1. The lowest BCUT2D eigenvalue weighted by atomic mass is 10.0. The zero-order valence-electron chi connectivity index (χ0n) is 17.5. The van der Waals surface area contributed by atoms with E-state index in [9.17, 15) is 4.79 Å². The summed E-state index contributed by atoms with van der Waals surface area (Å²) in [5.41, 5.74) is 5.16. The minimum absolute atomic E-state index is 0.108. The fourth-order valence-electron chi connectivity index (χ4n) is 3.25. The van der Waals surface area contributed by atoms with Crippen LogP contribution in [0.3, 0.4) is 0 Å². The van der Waals surface area contributed by atoms with E-state index in [1.165, 1.54) is 28.3 Å². The van der Waals surface area contributed by atoms with Crippen molar-refractivity contribution in [3.8, 4) is 11.5 Å². The monoisotopic (exact) mass is 410 g/mol. The summed E-state index contributed by atoms with van der Waals surface area (Å²) in [6.07, 6.45) is 0.868. The fraction of sp³-hybridized carbons (Fsp3) is 0.304. The van der Waals surface area contributed by atoms with Crippen LogP contribution in [0.1, 0.15) is 23.6 Å². The molecule has 0 radical (unpaired) electrons. The number of carbonyl (C=O) groups is 1. The van der Waals surface area contributed by atoms with Gasteiger partial charge in [0.15, 0.2) is 0 Å². The number of hydrogen-bond donors (Lipinski definition) is 1. The number of anilines is 1. The van der Waals surface area contributed by atoms with Crippen LogP contribution in [0.5, 0.6) is 11.5 Å². The van der Waals surface area contributed by atoms with Crippen molar-refractivity contribution in [1.82, 2.24) is 4.98 Å². The number of aryl methyl sites for hydroxylation is 3. The summed E-state index contributed by atoms with van der Waals surface area (Å²) in [6.45, 7) is 6.29. The van der Waals surface area contributed by atoms with Crippen molar-refractivity contribution in [3.05, 3.63) is 53.1 Å². The highest BCUT2D eigenvalue weighted by molar-refractivity contribution is 8.00. The first kappa shape index (κ1) is 21.0. The third kappa shape index (κ3) is 4.82. The van der Waals surface area contributed by atoms with Crippen molar-refractivity contribution in [2.75, 3.05) is 25.3 Å². The molecule has 0 aliphatic carbocycles. The molecule has 0 spiro atoms. The first-order chi connectivity index (χ1) is 13.9. The number of ether oxygens (including phenoxy) is 2. The number of thioether (sulfide) groups is 1. The van der Waals surface area contributed by atoms with Gasteiger partial charge in [0.2, 0.25) is 5.91 Å². The molecule has 0 bridgehead atoms. The Morgan fingerprint density at radius 1 is 1.10 bits per heavy atom. The van der Waals surface area contributed by atoms with Gasteiger partial charge in [-0.1, -0.05) is 24.8 Å². The predicted molar refractivity (Wildman–Crippen MR) is 119 cm³/mol. The molecule has 6 heteroatoms.